The van der Waals surface area contributed by atoms with Crippen molar-refractivity contribution in [2.75, 3.05) is 0 Å². The van der Waals surface area contributed by atoms with Gasteiger partial charge in [0.1, 0.15) is 0 Å². The van der Waals surface area contributed by atoms with E-state index in [0.29, 0.717) is 21.2 Å². The third-order valence-corrected chi connectivity index (χ3v) is 5.34. The zero-order valence-electron chi connectivity index (χ0n) is 16.1. The molecular formula is C23H18Cl2N2O2. The van der Waals surface area contributed by atoms with Crippen molar-refractivity contribution < 1.29 is 9.90 Å². The Bertz CT molecular complexity index is 1200. The average Bonchev–Trinajstić information content (AvgIpc) is 2.93. The van der Waals surface area contributed by atoms with Gasteiger partial charge in [-0.15, -0.1) is 0 Å². The van der Waals surface area contributed by atoms with E-state index in [2.05, 4.69) is 6.07 Å². The number of nitrogens with zero attached hydrogens (tertiary/aromatic N) is 2. The summed E-state index contributed by atoms with van der Waals surface area (Å²) >= 11 is 12.2. The maximum atomic E-state index is 11.2. The number of benzene rings is 2. The number of rotatable bonds is 4. The highest BCUT2D eigenvalue weighted by Crippen LogP contribution is 2.31. The summed E-state index contributed by atoms with van der Waals surface area (Å²) in [6.45, 7) is 5.81. The molecule has 0 bridgehead atoms. The van der Waals surface area contributed by atoms with Gasteiger partial charge in [-0.2, -0.15) is 5.26 Å². The number of carbonyl (C=O) groups is 1. The number of aryl methyl sites for hydroxylation is 2. The first-order valence-corrected chi connectivity index (χ1v) is 9.59. The molecule has 0 saturated heterocycles. The van der Waals surface area contributed by atoms with Crippen molar-refractivity contribution in [3.05, 3.63) is 86.2 Å². The van der Waals surface area contributed by atoms with Gasteiger partial charge in [0, 0.05) is 27.7 Å². The topological polar surface area (TPSA) is 66.0 Å². The smallest absolute Gasteiger partial charge is 0.335 e. The summed E-state index contributed by atoms with van der Waals surface area (Å²) in [7, 11) is 0. The van der Waals surface area contributed by atoms with Crippen molar-refractivity contribution in [2.45, 2.75) is 20.8 Å². The van der Waals surface area contributed by atoms with Crippen LogP contribution in [-0.2, 0) is 0 Å². The third-order valence-electron chi connectivity index (χ3n) is 4.80. The van der Waals surface area contributed by atoms with Crippen molar-refractivity contribution >= 4 is 40.8 Å². The van der Waals surface area contributed by atoms with Crippen LogP contribution in [-0.4, -0.2) is 15.6 Å². The molecule has 0 saturated carbocycles. The first-order chi connectivity index (χ1) is 13.7. The van der Waals surface area contributed by atoms with Crippen molar-refractivity contribution in [1.82, 2.24) is 4.57 Å². The van der Waals surface area contributed by atoms with Gasteiger partial charge >= 0.3 is 5.97 Å². The van der Waals surface area contributed by atoms with Crippen LogP contribution in [0.5, 0.6) is 0 Å². The summed E-state index contributed by atoms with van der Waals surface area (Å²) < 4.78 is 2.05. The lowest BCUT2D eigenvalue weighted by molar-refractivity contribution is 0.0697. The normalized spacial score (nSPS) is 11.4. The second-order valence-electron chi connectivity index (χ2n) is 6.76. The average molecular weight is 425 g/mol. The van der Waals surface area contributed by atoms with Crippen LogP contribution in [0.25, 0.3) is 17.3 Å². The molecule has 6 heteroatoms. The molecule has 3 rings (SSSR count). The van der Waals surface area contributed by atoms with Crippen molar-refractivity contribution in [3.8, 4) is 11.8 Å². The van der Waals surface area contributed by atoms with Crippen LogP contribution in [0.15, 0.2) is 42.5 Å². The number of allylic oxidation sites excluding steroid dienone is 1. The molecule has 0 aliphatic rings. The zero-order valence-corrected chi connectivity index (χ0v) is 17.6. The Labute approximate surface area is 179 Å². The number of carboxylic acids is 1. The lowest BCUT2D eigenvalue weighted by atomic mass is 10.0. The van der Waals surface area contributed by atoms with Gasteiger partial charge in [0.15, 0.2) is 0 Å². The Morgan fingerprint density at radius 3 is 2.41 bits per heavy atom. The molecule has 1 aromatic heterocycles. The molecule has 0 aliphatic carbocycles. The molecule has 4 nitrogen and oxygen atoms in total. The molecule has 1 N–H and O–H groups in total. The van der Waals surface area contributed by atoms with Crippen LogP contribution in [0.1, 0.15) is 38.4 Å². The molecule has 1 heterocycles. The van der Waals surface area contributed by atoms with E-state index in [9.17, 15) is 15.2 Å². The van der Waals surface area contributed by atoms with E-state index in [0.717, 1.165) is 28.2 Å². The second-order valence-corrected chi connectivity index (χ2v) is 7.61. The quantitative estimate of drug-likeness (QED) is 0.487. The third kappa shape index (κ3) is 4.07. The minimum Gasteiger partial charge on any atom is -0.478 e. The van der Waals surface area contributed by atoms with E-state index < -0.39 is 5.97 Å². The number of hydrogen-bond donors (Lipinski definition) is 1. The number of carboxylic acid groups (broad SMARTS) is 1. The number of nitriles is 1. The van der Waals surface area contributed by atoms with E-state index in [4.69, 9.17) is 23.2 Å². The van der Waals surface area contributed by atoms with Crippen LogP contribution in [0.2, 0.25) is 10.0 Å². The lowest BCUT2D eigenvalue weighted by Crippen LogP contribution is -2.04. The summed E-state index contributed by atoms with van der Waals surface area (Å²) in [4.78, 5) is 11.2. The van der Waals surface area contributed by atoms with Gasteiger partial charge in [-0.25, -0.2) is 4.79 Å². The number of hydrogen-bond acceptors (Lipinski definition) is 2. The number of halogens is 2. The Balaban J connectivity index is 2.11. The molecular weight excluding hydrogens is 407 g/mol. The molecule has 0 aliphatic heterocycles. The van der Waals surface area contributed by atoms with E-state index in [1.54, 1.807) is 42.5 Å². The predicted molar refractivity (Wildman–Crippen MR) is 117 cm³/mol. The fourth-order valence-electron chi connectivity index (χ4n) is 3.38. The molecule has 3 aromatic rings. The Hall–Kier alpha value is -3.00. The van der Waals surface area contributed by atoms with E-state index in [1.807, 2.05) is 31.4 Å². The molecule has 0 radical (unpaired) electrons. The summed E-state index contributed by atoms with van der Waals surface area (Å²) in [6, 6.07) is 14.3. The van der Waals surface area contributed by atoms with Gasteiger partial charge in [0.05, 0.1) is 22.2 Å². The molecule has 0 spiro atoms. The Morgan fingerprint density at radius 1 is 1.10 bits per heavy atom. The van der Waals surface area contributed by atoms with Gasteiger partial charge in [-0.3, -0.25) is 0 Å². The Morgan fingerprint density at radius 2 is 1.83 bits per heavy atom. The largest absolute Gasteiger partial charge is 0.478 e. The molecule has 146 valence electrons. The minimum atomic E-state index is -0.956. The lowest BCUT2D eigenvalue weighted by Gasteiger charge is -2.13. The second kappa shape index (κ2) is 8.16. The highest BCUT2D eigenvalue weighted by Gasteiger charge is 2.15. The summed E-state index contributed by atoms with van der Waals surface area (Å²) in [5.41, 5.74) is 5.84. The molecule has 0 unspecified atom stereocenters. The number of aromatic carboxylic acids is 1. The minimum absolute atomic E-state index is 0.248. The first kappa shape index (κ1) is 20.7. The van der Waals surface area contributed by atoms with E-state index in [1.165, 1.54) is 0 Å². The van der Waals surface area contributed by atoms with Crippen molar-refractivity contribution in [3.63, 3.8) is 0 Å². The molecule has 0 amide bonds. The first-order valence-electron chi connectivity index (χ1n) is 8.83. The van der Waals surface area contributed by atoms with E-state index >= 15 is 0 Å². The van der Waals surface area contributed by atoms with Crippen LogP contribution in [0.3, 0.4) is 0 Å². The van der Waals surface area contributed by atoms with Gasteiger partial charge in [-0.05, 0) is 74.4 Å². The van der Waals surface area contributed by atoms with Crippen LogP contribution < -0.4 is 0 Å². The molecule has 0 atom stereocenters. The van der Waals surface area contributed by atoms with Crippen molar-refractivity contribution in [2.24, 2.45) is 0 Å². The molecule has 0 fully saturated rings. The SMILES string of the molecule is Cc1cc(C(=O)O)ccc1-n1c(C)cc(/C=C(/C#N)c2ccc(Cl)cc2Cl)c1C. The van der Waals surface area contributed by atoms with E-state index in [-0.39, 0.29) is 5.56 Å². The maximum absolute atomic E-state index is 11.2. The summed E-state index contributed by atoms with van der Waals surface area (Å²) in [5.74, 6) is -0.956. The van der Waals surface area contributed by atoms with Crippen LogP contribution in [0, 0.1) is 32.1 Å². The van der Waals surface area contributed by atoms with Gasteiger partial charge < -0.3 is 9.67 Å². The van der Waals surface area contributed by atoms with Crippen LogP contribution in [0.4, 0.5) is 0 Å². The fraction of sp³-hybridized carbons (Fsp3) is 0.130. The molecule has 29 heavy (non-hydrogen) atoms. The van der Waals surface area contributed by atoms with Crippen LogP contribution >= 0.6 is 23.2 Å². The zero-order chi connectivity index (χ0) is 21.3. The van der Waals surface area contributed by atoms with Crippen molar-refractivity contribution in [1.29, 1.82) is 5.26 Å². The highest BCUT2D eigenvalue weighted by molar-refractivity contribution is 6.36. The molecule has 2 aromatic carbocycles. The standard InChI is InChI=1S/C23H18Cl2N2O2/c1-13-8-16(23(28)29)4-7-22(13)27-14(2)9-17(15(27)3)10-18(12-26)20-6-5-19(24)11-21(20)25/h4-11H,1-3H3,(H,28,29)/b18-10-. The highest BCUT2D eigenvalue weighted by atomic mass is 35.5. The number of aromatic nitrogens is 1. The summed E-state index contributed by atoms with van der Waals surface area (Å²) in [6.07, 6.45) is 1.80. The van der Waals surface area contributed by atoms with Gasteiger partial charge in [0.2, 0.25) is 0 Å². The fourth-order valence-corrected chi connectivity index (χ4v) is 3.89. The maximum Gasteiger partial charge on any atom is 0.335 e. The summed E-state index contributed by atoms with van der Waals surface area (Å²) in [5, 5.41) is 19.8. The monoisotopic (exact) mass is 424 g/mol. The van der Waals surface area contributed by atoms with Gasteiger partial charge in [0.25, 0.3) is 0 Å². The predicted octanol–water partition coefficient (Wildman–Crippen LogP) is 6.47. The Kier molecular flexibility index (Phi) is 5.83. The van der Waals surface area contributed by atoms with Gasteiger partial charge in [-0.1, -0.05) is 29.3 Å².